The van der Waals surface area contributed by atoms with Gasteiger partial charge in [-0.2, -0.15) is 0 Å². The normalized spacial score (nSPS) is 14.0. The van der Waals surface area contributed by atoms with Gasteiger partial charge in [0, 0.05) is 32.4 Å². The highest BCUT2D eigenvalue weighted by molar-refractivity contribution is 14.0. The van der Waals surface area contributed by atoms with Crippen LogP contribution in [0.3, 0.4) is 0 Å². The monoisotopic (exact) mass is 347 g/mol. The highest BCUT2D eigenvalue weighted by atomic mass is 127. The molecule has 0 atom stereocenters. The molecule has 0 fully saturated rings. The zero-order chi connectivity index (χ0) is 11.1. The van der Waals surface area contributed by atoms with Crippen molar-refractivity contribution in [2.24, 2.45) is 4.99 Å². The number of aliphatic imine (C=N–C) groups is 1. The van der Waals surface area contributed by atoms with Crippen molar-refractivity contribution in [1.29, 1.82) is 0 Å². The van der Waals surface area contributed by atoms with E-state index in [4.69, 9.17) is 0 Å². The molecule has 2 heterocycles. The van der Waals surface area contributed by atoms with Crippen LogP contribution in [0.1, 0.15) is 6.42 Å². The van der Waals surface area contributed by atoms with Crippen molar-refractivity contribution in [3.05, 3.63) is 24.4 Å². The van der Waals surface area contributed by atoms with Crippen molar-refractivity contribution in [3.63, 3.8) is 0 Å². The number of nitrogens with zero attached hydrogens (tertiary/aromatic N) is 2. The molecule has 0 saturated heterocycles. The molecule has 0 radical (unpaired) electrons. The number of pyridine rings is 1. The smallest absolute Gasteiger partial charge is 0.191 e. The Kier molecular flexibility index (Phi) is 6.68. The van der Waals surface area contributed by atoms with Crippen LogP contribution < -0.4 is 16.0 Å². The van der Waals surface area contributed by atoms with E-state index >= 15 is 0 Å². The number of anilines is 1. The summed E-state index contributed by atoms with van der Waals surface area (Å²) in [5, 5.41) is 9.68. The lowest BCUT2D eigenvalue weighted by Gasteiger charge is -2.16. The molecule has 94 valence electrons. The predicted octanol–water partition coefficient (Wildman–Crippen LogP) is 1.05. The Morgan fingerprint density at radius 2 is 2.12 bits per heavy atom. The van der Waals surface area contributed by atoms with E-state index in [1.165, 1.54) is 0 Å². The zero-order valence-electron chi connectivity index (χ0n) is 9.65. The second-order valence-corrected chi connectivity index (χ2v) is 3.58. The van der Waals surface area contributed by atoms with E-state index in [2.05, 4.69) is 25.9 Å². The third-order valence-corrected chi connectivity index (χ3v) is 2.29. The Hall–Kier alpha value is -1.05. The van der Waals surface area contributed by atoms with Gasteiger partial charge in [0.2, 0.25) is 0 Å². The van der Waals surface area contributed by atoms with Crippen molar-refractivity contribution < 1.29 is 0 Å². The van der Waals surface area contributed by atoms with Crippen LogP contribution in [0.5, 0.6) is 0 Å². The van der Waals surface area contributed by atoms with Gasteiger partial charge in [-0.1, -0.05) is 6.07 Å². The third-order valence-electron chi connectivity index (χ3n) is 2.29. The van der Waals surface area contributed by atoms with Crippen LogP contribution >= 0.6 is 24.0 Å². The minimum atomic E-state index is 0. The molecule has 0 spiro atoms. The summed E-state index contributed by atoms with van der Waals surface area (Å²) in [6, 6.07) is 5.83. The summed E-state index contributed by atoms with van der Waals surface area (Å²) >= 11 is 0. The summed E-state index contributed by atoms with van der Waals surface area (Å²) in [6.45, 7) is 3.60. The van der Waals surface area contributed by atoms with Gasteiger partial charge in [-0.05, 0) is 18.6 Å². The fourth-order valence-corrected chi connectivity index (χ4v) is 1.49. The van der Waals surface area contributed by atoms with Crippen LogP contribution in [0.2, 0.25) is 0 Å². The van der Waals surface area contributed by atoms with E-state index in [1.807, 2.05) is 18.2 Å². The Labute approximate surface area is 119 Å². The maximum atomic E-state index is 4.33. The van der Waals surface area contributed by atoms with Gasteiger partial charge in [-0.15, -0.1) is 24.0 Å². The van der Waals surface area contributed by atoms with Gasteiger partial charge in [0.05, 0.1) is 0 Å². The maximum Gasteiger partial charge on any atom is 0.191 e. The Balaban J connectivity index is 0.00000144. The molecular formula is C11H18IN5. The van der Waals surface area contributed by atoms with Crippen LogP contribution in [0.25, 0.3) is 0 Å². The molecule has 2 rings (SSSR count). The lowest BCUT2D eigenvalue weighted by Crippen LogP contribution is -2.42. The van der Waals surface area contributed by atoms with Gasteiger partial charge in [0.1, 0.15) is 5.82 Å². The van der Waals surface area contributed by atoms with Gasteiger partial charge in [0.15, 0.2) is 5.96 Å². The molecule has 1 aromatic rings. The predicted molar refractivity (Wildman–Crippen MR) is 81.1 cm³/mol. The molecule has 1 aromatic heterocycles. The van der Waals surface area contributed by atoms with Crippen LogP contribution in [-0.4, -0.2) is 37.1 Å². The number of nitrogens with one attached hydrogen (secondary N) is 3. The summed E-state index contributed by atoms with van der Waals surface area (Å²) in [5.41, 5.74) is 0. The van der Waals surface area contributed by atoms with Crippen LogP contribution in [-0.2, 0) is 0 Å². The number of hydrogen-bond acceptors (Lipinski definition) is 5. The first-order valence-corrected chi connectivity index (χ1v) is 5.62. The highest BCUT2D eigenvalue weighted by Crippen LogP contribution is 1.97. The molecular weight excluding hydrogens is 329 g/mol. The molecule has 1 aliphatic rings. The van der Waals surface area contributed by atoms with Gasteiger partial charge in [-0.3, -0.25) is 4.99 Å². The van der Waals surface area contributed by atoms with Crippen molar-refractivity contribution in [2.75, 3.05) is 31.5 Å². The second kappa shape index (κ2) is 8.10. The molecule has 3 N–H and O–H groups in total. The number of hydrogen-bond donors (Lipinski definition) is 3. The molecule has 0 bridgehead atoms. The summed E-state index contributed by atoms with van der Waals surface area (Å²) in [7, 11) is 0. The summed E-state index contributed by atoms with van der Waals surface area (Å²) in [5.74, 6) is 1.82. The molecule has 1 aliphatic heterocycles. The summed E-state index contributed by atoms with van der Waals surface area (Å²) in [4.78, 5) is 8.50. The minimum Gasteiger partial charge on any atom is -0.368 e. The van der Waals surface area contributed by atoms with Gasteiger partial charge in [-0.25, -0.2) is 4.98 Å². The molecule has 6 heteroatoms. The van der Waals surface area contributed by atoms with E-state index in [-0.39, 0.29) is 24.0 Å². The SMILES string of the molecule is I.c1ccc(NCCNC2=NCCCN2)nc1. The fourth-order valence-electron chi connectivity index (χ4n) is 1.49. The number of aromatic nitrogens is 1. The van der Waals surface area contributed by atoms with Crippen LogP contribution in [0, 0.1) is 0 Å². The Morgan fingerprint density at radius 1 is 1.24 bits per heavy atom. The first-order valence-electron chi connectivity index (χ1n) is 5.62. The number of rotatable bonds is 4. The van der Waals surface area contributed by atoms with E-state index < -0.39 is 0 Å². The summed E-state index contributed by atoms with van der Waals surface area (Å²) < 4.78 is 0. The standard InChI is InChI=1S/C11H17N5.HI/c1-2-5-12-10(4-1)13-8-9-16-11-14-6-3-7-15-11;/h1-2,4-5H,3,6-9H2,(H,12,13)(H2,14,15,16);1H. The Morgan fingerprint density at radius 3 is 2.82 bits per heavy atom. The van der Waals surface area contributed by atoms with Crippen LogP contribution in [0.4, 0.5) is 5.82 Å². The number of halogens is 1. The maximum absolute atomic E-state index is 4.33. The molecule has 0 saturated carbocycles. The largest absolute Gasteiger partial charge is 0.368 e. The zero-order valence-corrected chi connectivity index (χ0v) is 12.0. The molecule has 17 heavy (non-hydrogen) atoms. The molecule has 5 nitrogen and oxygen atoms in total. The molecule has 0 aromatic carbocycles. The average Bonchev–Trinajstić information content (AvgIpc) is 2.37. The summed E-state index contributed by atoms with van der Waals surface area (Å²) in [6.07, 6.45) is 2.90. The van der Waals surface area contributed by atoms with Crippen molar-refractivity contribution in [3.8, 4) is 0 Å². The highest BCUT2D eigenvalue weighted by Gasteiger charge is 2.01. The minimum absolute atomic E-state index is 0. The van der Waals surface area contributed by atoms with Gasteiger partial charge in [0.25, 0.3) is 0 Å². The third kappa shape index (κ3) is 5.20. The first-order chi connectivity index (χ1) is 7.95. The lowest BCUT2D eigenvalue weighted by molar-refractivity contribution is 0.705. The van der Waals surface area contributed by atoms with E-state index in [1.54, 1.807) is 6.20 Å². The van der Waals surface area contributed by atoms with E-state index in [9.17, 15) is 0 Å². The molecule has 0 amide bonds. The average molecular weight is 347 g/mol. The number of guanidine groups is 1. The Bertz CT molecular complexity index is 341. The van der Waals surface area contributed by atoms with Gasteiger partial charge < -0.3 is 16.0 Å². The molecule has 0 aliphatic carbocycles. The first kappa shape index (κ1) is 14.0. The van der Waals surface area contributed by atoms with Crippen molar-refractivity contribution >= 4 is 35.8 Å². The van der Waals surface area contributed by atoms with Crippen molar-refractivity contribution in [2.45, 2.75) is 6.42 Å². The van der Waals surface area contributed by atoms with Crippen molar-refractivity contribution in [1.82, 2.24) is 15.6 Å². The van der Waals surface area contributed by atoms with Crippen LogP contribution in [0.15, 0.2) is 29.4 Å². The fraction of sp³-hybridized carbons (Fsp3) is 0.455. The second-order valence-electron chi connectivity index (χ2n) is 3.58. The quantitative estimate of drug-likeness (QED) is 0.563. The van der Waals surface area contributed by atoms with E-state index in [0.717, 1.165) is 44.4 Å². The lowest BCUT2D eigenvalue weighted by atomic mass is 10.4. The molecule has 0 unspecified atom stereocenters. The van der Waals surface area contributed by atoms with E-state index in [0.29, 0.717) is 0 Å². The van der Waals surface area contributed by atoms with Gasteiger partial charge >= 0.3 is 0 Å². The topological polar surface area (TPSA) is 61.3 Å².